The summed E-state index contributed by atoms with van der Waals surface area (Å²) >= 11 is 6.65. The van der Waals surface area contributed by atoms with Crippen LogP contribution in [0.5, 0.6) is 0 Å². The van der Waals surface area contributed by atoms with Crippen molar-refractivity contribution in [3.05, 3.63) is 57.4 Å². The molecular weight excluding hydrogens is 416 g/mol. The highest BCUT2D eigenvalue weighted by molar-refractivity contribution is 8.26. The minimum Gasteiger partial charge on any atom is -0.366 e. The molecule has 158 valence electrons. The lowest BCUT2D eigenvalue weighted by molar-refractivity contribution is -0.122. The zero-order chi connectivity index (χ0) is 21.7. The SMILES string of the molecule is C=CCNc1nc2ccc(C)cn2c(=O)c1C=C1SC(=S)N(CCCCCC)C1=O. The van der Waals surface area contributed by atoms with Gasteiger partial charge in [0.2, 0.25) is 0 Å². The molecule has 0 unspecified atom stereocenters. The van der Waals surface area contributed by atoms with Gasteiger partial charge < -0.3 is 5.32 Å². The lowest BCUT2D eigenvalue weighted by Crippen LogP contribution is -2.29. The van der Waals surface area contributed by atoms with Crippen LogP contribution in [0.1, 0.15) is 43.7 Å². The normalized spacial score (nSPS) is 15.4. The van der Waals surface area contributed by atoms with Crippen LogP contribution in [0.25, 0.3) is 11.7 Å². The second kappa shape index (κ2) is 10.0. The van der Waals surface area contributed by atoms with Gasteiger partial charge in [0.05, 0.1) is 10.5 Å². The fourth-order valence-corrected chi connectivity index (χ4v) is 4.50. The van der Waals surface area contributed by atoms with Gasteiger partial charge in [0.1, 0.15) is 15.8 Å². The maximum absolute atomic E-state index is 13.2. The van der Waals surface area contributed by atoms with Gasteiger partial charge >= 0.3 is 0 Å². The first-order chi connectivity index (χ1) is 14.5. The maximum atomic E-state index is 13.2. The predicted molar refractivity (Wildman–Crippen MR) is 129 cm³/mol. The van der Waals surface area contributed by atoms with Crippen molar-refractivity contribution in [2.75, 3.05) is 18.4 Å². The van der Waals surface area contributed by atoms with Crippen molar-refractivity contribution in [1.29, 1.82) is 0 Å². The van der Waals surface area contributed by atoms with Crippen LogP contribution in [-0.4, -0.2) is 37.6 Å². The Balaban J connectivity index is 1.98. The first-order valence-electron chi connectivity index (χ1n) is 10.1. The number of aromatic nitrogens is 2. The summed E-state index contributed by atoms with van der Waals surface area (Å²) in [4.78, 5) is 32.8. The Morgan fingerprint density at radius 1 is 1.27 bits per heavy atom. The summed E-state index contributed by atoms with van der Waals surface area (Å²) in [5.74, 6) is 0.280. The molecule has 1 amide bonds. The number of thiocarbonyl (C=S) groups is 1. The van der Waals surface area contributed by atoms with E-state index >= 15 is 0 Å². The van der Waals surface area contributed by atoms with Crippen molar-refractivity contribution in [2.24, 2.45) is 0 Å². The fourth-order valence-electron chi connectivity index (χ4n) is 3.21. The van der Waals surface area contributed by atoms with Crippen LogP contribution in [0.15, 0.2) is 40.7 Å². The van der Waals surface area contributed by atoms with Gasteiger partial charge in [-0.3, -0.25) is 18.9 Å². The Kier molecular flexibility index (Phi) is 7.44. The van der Waals surface area contributed by atoms with E-state index in [9.17, 15) is 9.59 Å². The zero-order valence-electron chi connectivity index (χ0n) is 17.3. The van der Waals surface area contributed by atoms with Gasteiger partial charge in [0, 0.05) is 19.3 Å². The summed E-state index contributed by atoms with van der Waals surface area (Å²) in [6.45, 7) is 8.84. The number of rotatable bonds is 9. The number of amides is 1. The largest absolute Gasteiger partial charge is 0.366 e. The number of pyridine rings is 1. The summed E-state index contributed by atoms with van der Waals surface area (Å²) in [6, 6.07) is 3.71. The number of nitrogens with one attached hydrogen (secondary N) is 1. The molecule has 6 nitrogen and oxygen atoms in total. The number of thioether (sulfide) groups is 1. The number of carbonyl (C=O) groups excluding carboxylic acids is 1. The third-order valence-corrected chi connectivity index (χ3v) is 6.18. The van der Waals surface area contributed by atoms with Crippen LogP contribution < -0.4 is 10.9 Å². The monoisotopic (exact) mass is 442 g/mol. The molecule has 0 radical (unpaired) electrons. The molecule has 1 saturated heterocycles. The van der Waals surface area contributed by atoms with E-state index in [0.29, 0.717) is 39.3 Å². The molecule has 2 aromatic rings. The van der Waals surface area contributed by atoms with Crippen molar-refractivity contribution in [2.45, 2.75) is 39.5 Å². The van der Waals surface area contributed by atoms with Crippen LogP contribution in [0.2, 0.25) is 0 Å². The number of hydrogen-bond donors (Lipinski definition) is 1. The highest BCUT2D eigenvalue weighted by Crippen LogP contribution is 2.33. The number of nitrogens with zero attached hydrogens (tertiary/aromatic N) is 3. The van der Waals surface area contributed by atoms with Gasteiger partial charge in [-0.05, 0) is 31.1 Å². The summed E-state index contributed by atoms with van der Waals surface area (Å²) in [5, 5.41) is 3.12. The van der Waals surface area contributed by atoms with Crippen LogP contribution in [-0.2, 0) is 4.79 Å². The number of unbranched alkanes of at least 4 members (excludes halogenated alkanes) is 3. The summed E-state index contributed by atoms with van der Waals surface area (Å²) in [5.41, 5.74) is 1.59. The van der Waals surface area contributed by atoms with Crippen LogP contribution >= 0.6 is 24.0 Å². The first-order valence-corrected chi connectivity index (χ1v) is 11.3. The number of anilines is 1. The molecule has 0 aliphatic carbocycles. The molecule has 30 heavy (non-hydrogen) atoms. The molecular formula is C22H26N4O2S2. The van der Waals surface area contributed by atoms with E-state index < -0.39 is 0 Å². The molecule has 1 N–H and O–H groups in total. The van der Waals surface area contributed by atoms with E-state index in [2.05, 4.69) is 23.8 Å². The highest BCUT2D eigenvalue weighted by atomic mass is 32.2. The van der Waals surface area contributed by atoms with Crippen molar-refractivity contribution in [1.82, 2.24) is 14.3 Å². The van der Waals surface area contributed by atoms with Crippen LogP contribution in [0.4, 0.5) is 5.82 Å². The highest BCUT2D eigenvalue weighted by Gasteiger charge is 2.32. The van der Waals surface area contributed by atoms with E-state index in [0.717, 1.165) is 31.2 Å². The average Bonchev–Trinajstić information content (AvgIpc) is 2.99. The molecule has 1 aliphatic rings. The van der Waals surface area contributed by atoms with Crippen molar-refractivity contribution < 1.29 is 4.79 Å². The van der Waals surface area contributed by atoms with E-state index in [1.807, 2.05) is 13.0 Å². The third-order valence-electron chi connectivity index (χ3n) is 4.80. The molecule has 0 spiro atoms. The molecule has 3 rings (SSSR count). The zero-order valence-corrected chi connectivity index (χ0v) is 18.9. The minimum atomic E-state index is -0.233. The van der Waals surface area contributed by atoms with Gasteiger partial charge in [0.15, 0.2) is 0 Å². The van der Waals surface area contributed by atoms with E-state index in [1.165, 1.54) is 16.2 Å². The third kappa shape index (κ3) is 4.82. The molecule has 0 saturated carbocycles. The number of aryl methyl sites for hydroxylation is 1. The Hall–Kier alpha value is -2.45. The lowest BCUT2D eigenvalue weighted by Gasteiger charge is -2.14. The van der Waals surface area contributed by atoms with Gasteiger partial charge in [-0.25, -0.2) is 4.98 Å². The molecule has 0 bridgehead atoms. The smallest absolute Gasteiger partial charge is 0.267 e. The molecule has 8 heteroatoms. The summed E-state index contributed by atoms with van der Waals surface area (Å²) in [7, 11) is 0. The number of hydrogen-bond acceptors (Lipinski definition) is 6. The second-order valence-electron chi connectivity index (χ2n) is 7.18. The minimum absolute atomic E-state index is 0.148. The Morgan fingerprint density at radius 2 is 2.07 bits per heavy atom. The quantitative estimate of drug-likeness (QED) is 0.269. The van der Waals surface area contributed by atoms with Crippen molar-refractivity contribution in [3.63, 3.8) is 0 Å². The van der Waals surface area contributed by atoms with Gasteiger partial charge in [0.25, 0.3) is 11.5 Å². The van der Waals surface area contributed by atoms with E-state index in [1.54, 1.807) is 29.3 Å². The Labute approximate surface area is 186 Å². The Morgan fingerprint density at radius 3 is 2.80 bits per heavy atom. The molecule has 0 aromatic carbocycles. The second-order valence-corrected chi connectivity index (χ2v) is 8.85. The van der Waals surface area contributed by atoms with Gasteiger partial charge in [-0.15, -0.1) is 6.58 Å². The molecule has 0 atom stereocenters. The predicted octanol–water partition coefficient (Wildman–Crippen LogP) is 4.38. The lowest BCUT2D eigenvalue weighted by atomic mass is 10.2. The van der Waals surface area contributed by atoms with Crippen molar-refractivity contribution >= 4 is 51.7 Å². The molecule has 1 fully saturated rings. The molecule has 1 aliphatic heterocycles. The van der Waals surface area contributed by atoms with Gasteiger partial charge in [-0.2, -0.15) is 0 Å². The average molecular weight is 443 g/mol. The van der Waals surface area contributed by atoms with Gasteiger partial charge in [-0.1, -0.05) is 62.3 Å². The number of carbonyl (C=O) groups is 1. The van der Waals surface area contributed by atoms with Crippen molar-refractivity contribution in [3.8, 4) is 0 Å². The summed E-state index contributed by atoms with van der Waals surface area (Å²) in [6.07, 6.45) is 9.31. The fraction of sp³-hybridized carbons (Fsp3) is 0.364. The van der Waals surface area contributed by atoms with E-state index in [-0.39, 0.29) is 11.5 Å². The number of fused-ring (bicyclic) bond motifs is 1. The van der Waals surface area contributed by atoms with Crippen LogP contribution in [0.3, 0.4) is 0 Å². The maximum Gasteiger partial charge on any atom is 0.267 e. The topological polar surface area (TPSA) is 66.7 Å². The molecule has 2 aromatic heterocycles. The Bertz CT molecular complexity index is 1070. The van der Waals surface area contributed by atoms with E-state index in [4.69, 9.17) is 12.2 Å². The standard InChI is InChI=1S/C22H26N4O2S2/c1-4-6-7-8-12-25-21(28)17(30-22(25)29)13-16-19(23-11-5-2)24-18-10-9-15(3)14-26(18)20(16)27/h5,9-10,13-14,23H,2,4,6-8,11-12H2,1,3H3. The summed E-state index contributed by atoms with van der Waals surface area (Å²) < 4.78 is 2.04. The first kappa shape index (κ1) is 22.2. The van der Waals surface area contributed by atoms with Crippen LogP contribution in [0, 0.1) is 6.92 Å². The molecule has 3 heterocycles.